The molecule has 0 saturated carbocycles. The van der Waals surface area contributed by atoms with Crippen LogP contribution in [0.15, 0.2) is 24.3 Å². The first-order valence-corrected chi connectivity index (χ1v) is 8.11. The molecule has 1 unspecified atom stereocenters. The monoisotopic (exact) mass is 311 g/mol. The topological polar surface area (TPSA) is 30.5 Å². The fourth-order valence-corrected chi connectivity index (χ4v) is 3.45. The standard InChI is InChI=1S/C20H25NO2/c1-12-8-14(3)16(9-13(12)2)20-17-11-19(23-5)18(22-4)10-15(17)6-7-21-20/h8-11,20-21H,6-7H2,1-5H3. The molecule has 0 aromatic heterocycles. The minimum Gasteiger partial charge on any atom is -0.493 e. The summed E-state index contributed by atoms with van der Waals surface area (Å²) in [5.74, 6) is 1.60. The van der Waals surface area contributed by atoms with Gasteiger partial charge in [-0.1, -0.05) is 12.1 Å². The van der Waals surface area contributed by atoms with Crippen LogP contribution in [0.3, 0.4) is 0 Å². The number of ether oxygens (including phenoxy) is 2. The predicted octanol–water partition coefficient (Wildman–Crippen LogP) is 3.86. The van der Waals surface area contributed by atoms with Gasteiger partial charge in [0.2, 0.25) is 0 Å². The minimum absolute atomic E-state index is 0.206. The average Bonchev–Trinajstić information content (AvgIpc) is 2.56. The van der Waals surface area contributed by atoms with Crippen molar-refractivity contribution in [3.8, 4) is 11.5 Å². The van der Waals surface area contributed by atoms with Gasteiger partial charge in [-0.3, -0.25) is 0 Å². The van der Waals surface area contributed by atoms with Crippen LogP contribution in [0.5, 0.6) is 11.5 Å². The quantitative estimate of drug-likeness (QED) is 0.933. The van der Waals surface area contributed by atoms with Crippen molar-refractivity contribution in [2.24, 2.45) is 0 Å². The summed E-state index contributed by atoms with van der Waals surface area (Å²) in [6, 6.07) is 9.05. The van der Waals surface area contributed by atoms with Crippen molar-refractivity contribution in [2.75, 3.05) is 20.8 Å². The molecule has 0 radical (unpaired) electrons. The number of methoxy groups -OCH3 is 2. The molecular weight excluding hydrogens is 286 g/mol. The number of benzene rings is 2. The molecule has 0 aliphatic carbocycles. The molecule has 1 N–H and O–H groups in total. The van der Waals surface area contributed by atoms with E-state index >= 15 is 0 Å². The largest absolute Gasteiger partial charge is 0.493 e. The van der Waals surface area contributed by atoms with Gasteiger partial charge in [0.1, 0.15) is 0 Å². The van der Waals surface area contributed by atoms with E-state index in [9.17, 15) is 0 Å². The van der Waals surface area contributed by atoms with E-state index in [1.165, 1.54) is 33.4 Å². The van der Waals surface area contributed by atoms with Crippen molar-refractivity contribution in [1.29, 1.82) is 0 Å². The molecule has 0 spiro atoms. The Morgan fingerprint density at radius 3 is 2.17 bits per heavy atom. The van der Waals surface area contributed by atoms with Gasteiger partial charge in [0.15, 0.2) is 11.5 Å². The summed E-state index contributed by atoms with van der Waals surface area (Å²) in [6.07, 6.45) is 1.01. The first kappa shape index (κ1) is 15.9. The Bertz CT molecular complexity index is 737. The second kappa shape index (κ2) is 6.25. The van der Waals surface area contributed by atoms with Crippen LogP contribution >= 0.6 is 0 Å². The molecule has 0 amide bonds. The number of hydrogen-bond donors (Lipinski definition) is 1. The number of rotatable bonds is 3. The molecule has 23 heavy (non-hydrogen) atoms. The van der Waals surface area contributed by atoms with Gasteiger partial charge < -0.3 is 14.8 Å². The van der Waals surface area contributed by atoms with Gasteiger partial charge in [0.25, 0.3) is 0 Å². The lowest BCUT2D eigenvalue weighted by atomic mass is 9.86. The number of fused-ring (bicyclic) bond motifs is 1. The highest BCUT2D eigenvalue weighted by Gasteiger charge is 2.25. The van der Waals surface area contributed by atoms with Crippen LogP contribution in [0.4, 0.5) is 0 Å². The Morgan fingerprint density at radius 1 is 0.826 bits per heavy atom. The van der Waals surface area contributed by atoms with Crippen LogP contribution < -0.4 is 14.8 Å². The molecule has 1 aliphatic heterocycles. The molecule has 122 valence electrons. The Kier molecular flexibility index (Phi) is 4.31. The maximum absolute atomic E-state index is 5.51. The molecule has 3 rings (SSSR count). The fraction of sp³-hybridized carbons (Fsp3) is 0.400. The fourth-order valence-electron chi connectivity index (χ4n) is 3.45. The van der Waals surface area contributed by atoms with Crippen molar-refractivity contribution in [1.82, 2.24) is 5.32 Å². The molecular formula is C20H25NO2. The highest BCUT2D eigenvalue weighted by Crippen LogP contribution is 2.38. The van der Waals surface area contributed by atoms with Gasteiger partial charge in [-0.2, -0.15) is 0 Å². The second-order valence-corrected chi connectivity index (χ2v) is 6.34. The zero-order valence-electron chi connectivity index (χ0n) is 14.6. The highest BCUT2D eigenvalue weighted by atomic mass is 16.5. The first-order valence-electron chi connectivity index (χ1n) is 8.11. The van der Waals surface area contributed by atoms with Crippen molar-refractivity contribution in [2.45, 2.75) is 33.2 Å². The van der Waals surface area contributed by atoms with Gasteiger partial charge in [-0.05, 0) is 72.7 Å². The molecule has 0 bridgehead atoms. The summed E-state index contributed by atoms with van der Waals surface area (Å²) in [5.41, 5.74) is 7.98. The molecule has 3 nitrogen and oxygen atoms in total. The van der Waals surface area contributed by atoms with Crippen LogP contribution in [0.2, 0.25) is 0 Å². The smallest absolute Gasteiger partial charge is 0.161 e. The van der Waals surface area contributed by atoms with E-state index in [0.717, 1.165) is 24.5 Å². The summed E-state index contributed by atoms with van der Waals surface area (Å²) in [5, 5.41) is 3.67. The lowest BCUT2D eigenvalue weighted by molar-refractivity contribution is 0.353. The van der Waals surface area contributed by atoms with E-state index in [4.69, 9.17) is 9.47 Å². The molecule has 3 heteroatoms. The lowest BCUT2D eigenvalue weighted by Gasteiger charge is -2.30. The first-order chi connectivity index (χ1) is 11.0. The Labute approximate surface area is 138 Å². The molecule has 0 saturated heterocycles. The summed E-state index contributed by atoms with van der Waals surface area (Å²) >= 11 is 0. The SMILES string of the molecule is COc1cc2c(cc1OC)C(c1cc(C)c(C)cc1C)NCC2. The average molecular weight is 311 g/mol. The van der Waals surface area contributed by atoms with Gasteiger partial charge >= 0.3 is 0 Å². The normalized spacial score (nSPS) is 16.8. The van der Waals surface area contributed by atoms with Crippen LogP contribution in [0, 0.1) is 20.8 Å². The Balaban J connectivity index is 2.13. The number of aryl methyl sites for hydroxylation is 3. The Morgan fingerprint density at radius 2 is 1.48 bits per heavy atom. The Hall–Kier alpha value is -2.00. The number of nitrogens with one attached hydrogen (secondary N) is 1. The third kappa shape index (κ3) is 2.81. The third-order valence-electron chi connectivity index (χ3n) is 4.89. The van der Waals surface area contributed by atoms with E-state index in [0.29, 0.717) is 0 Å². The number of hydrogen-bond acceptors (Lipinski definition) is 3. The van der Waals surface area contributed by atoms with Crippen LogP contribution in [0.1, 0.15) is 39.4 Å². The maximum atomic E-state index is 5.51. The third-order valence-corrected chi connectivity index (χ3v) is 4.89. The minimum atomic E-state index is 0.206. The van der Waals surface area contributed by atoms with Gasteiger partial charge in [-0.25, -0.2) is 0 Å². The van der Waals surface area contributed by atoms with Gasteiger partial charge in [0, 0.05) is 6.54 Å². The summed E-state index contributed by atoms with van der Waals surface area (Å²) < 4.78 is 11.0. The van der Waals surface area contributed by atoms with E-state index in [-0.39, 0.29) is 6.04 Å². The van der Waals surface area contributed by atoms with Crippen molar-refractivity contribution in [3.63, 3.8) is 0 Å². The zero-order chi connectivity index (χ0) is 16.6. The molecule has 1 heterocycles. The van der Waals surface area contributed by atoms with Crippen LogP contribution in [-0.2, 0) is 6.42 Å². The van der Waals surface area contributed by atoms with Gasteiger partial charge in [-0.15, -0.1) is 0 Å². The van der Waals surface area contributed by atoms with Crippen molar-refractivity contribution in [3.05, 3.63) is 57.6 Å². The van der Waals surface area contributed by atoms with E-state index in [1.807, 2.05) is 0 Å². The highest BCUT2D eigenvalue weighted by molar-refractivity contribution is 5.53. The zero-order valence-corrected chi connectivity index (χ0v) is 14.6. The summed E-state index contributed by atoms with van der Waals surface area (Å²) in [4.78, 5) is 0. The summed E-state index contributed by atoms with van der Waals surface area (Å²) in [6.45, 7) is 7.51. The molecule has 0 fully saturated rings. The molecule has 1 aliphatic rings. The maximum Gasteiger partial charge on any atom is 0.161 e. The molecule has 2 aromatic rings. The second-order valence-electron chi connectivity index (χ2n) is 6.34. The predicted molar refractivity (Wildman–Crippen MR) is 93.7 cm³/mol. The molecule has 1 atom stereocenters. The van der Waals surface area contributed by atoms with Crippen molar-refractivity contribution < 1.29 is 9.47 Å². The van der Waals surface area contributed by atoms with E-state index < -0.39 is 0 Å². The van der Waals surface area contributed by atoms with E-state index in [1.54, 1.807) is 14.2 Å². The van der Waals surface area contributed by atoms with Crippen LogP contribution in [0.25, 0.3) is 0 Å². The van der Waals surface area contributed by atoms with Gasteiger partial charge in [0.05, 0.1) is 20.3 Å². The van der Waals surface area contributed by atoms with Crippen LogP contribution in [-0.4, -0.2) is 20.8 Å². The summed E-state index contributed by atoms with van der Waals surface area (Å²) in [7, 11) is 3.38. The van der Waals surface area contributed by atoms with E-state index in [2.05, 4.69) is 50.4 Å². The van der Waals surface area contributed by atoms with Crippen molar-refractivity contribution >= 4 is 0 Å². The molecule has 2 aromatic carbocycles. The lowest BCUT2D eigenvalue weighted by Crippen LogP contribution is -2.31.